The van der Waals surface area contributed by atoms with Gasteiger partial charge in [-0.3, -0.25) is 4.79 Å². The van der Waals surface area contributed by atoms with Crippen molar-refractivity contribution in [3.8, 4) is 5.75 Å². The van der Waals surface area contributed by atoms with Crippen molar-refractivity contribution < 1.29 is 19.0 Å². The molecule has 1 aromatic heterocycles. The fraction of sp³-hybridized carbons (Fsp3) is 0.500. The van der Waals surface area contributed by atoms with Crippen molar-refractivity contribution in [2.24, 2.45) is 0 Å². The number of rotatable bonds is 12. The molecule has 140 valence electrons. The highest BCUT2D eigenvalue weighted by Crippen LogP contribution is 2.13. The zero-order valence-corrected chi connectivity index (χ0v) is 15.5. The molecule has 0 aliphatic heterocycles. The lowest BCUT2D eigenvalue weighted by molar-refractivity contribution is -0.134. The van der Waals surface area contributed by atoms with Gasteiger partial charge in [-0.2, -0.15) is 0 Å². The minimum Gasteiger partial charge on any atom is -0.427 e. The summed E-state index contributed by atoms with van der Waals surface area (Å²) in [5.41, 5.74) is 1.97. The van der Waals surface area contributed by atoms with Crippen LogP contribution in [-0.4, -0.2) is 55.2 Å². The molecule has 2 aromatic rings. The number of carbonyl (C=O) groups excluding carboxylic acids is 1. The summed E-state index contributed by atoms with van der Waals surface area (Å²) in [4.78, 5) is 11.9. The fourth-order valence-corrected chi connectivity index (χ4v) is 2.29. The van der Waals surface area contributed by atoms with Crippen molar-refractivity contribution in [2.75, 3.05) is 26.4 Å². The predicted octanol–water partition coefficient (Wildman–Crippen LogP) is 1.00. The molecule has 0 unspecified atom stereocenters. The minimum atomic E-state index is -0.275. The normalized spacial score (nSPS) is 10.8. The van der Waals surface area contributed by atoms with Gasteiger partial charge in [-0.05, 0) is 19.1 Å². The third-order valence-electron chi connectivity index (χ3n) is 3.78. The van der Waals surface area contributed by atoms with Crippen LogP contribution in [0, 0.1) is 0 Å². The van der Waals surface area contributed by atoms with Crippen LogP contribution in [0.3, 0.4) is 0 Å². The Bertz CT molecular complexity index is 661. The van der Waals surface area contributed by atoms with Gasteiger partial charge in [0, 0.05) is 19.2 Å². The van der Waals surface area contributed by atoms with E-state index in [1.807, 2.05) is 37.4 Å². The van der Waals surface area contributed by atoms with Gasteiger partial charge in [0.15, 0.2) is 0 Å². The van der Waals surface area contributed by atoms with Gasteiger partial charge >= 0.3 is 5.97 Å². The van der Waals surface area contributed by atoms with E-state index >= 15 is 0 Å². The van der Waals surface area contributed by atoms with Gasteiger partial charge < -0.3 is 14.2 Å². The van der Waals surface area contributed by atoms with Crippen LogP contribution >= 0.6 is 0 Å². The summed E-state index contributed by atoms with van der Waals surface area (Å²) in [6, 6.07) is 7.56. The number of nitrogens with zero attached hydrogens (tertiary/aromatic N) is 3. The van der Waals surface area contributed by atoms with Crippen molar-refractivity contribution in [1.29, 1.82) is 0 Å². The molecule has 1 aromatic carbocycles. The number of hydrogen-bond acceptors (Lipinski definition) is 6. The Morgan fingerprint density at radius 1 is 1.15 bits per heavy atom. The molecule has 0 aliphatic carbocycles. The Hall–Kier alpha value is -2.19. The number of aryl methyl sites for hydroxylation is 1. The molecule has 0 saturated carbocycles. The maximum Gasteiger partial charge on any atom is 0.311 e. The van der Waals surface area contributed by atoms with Gasteiger partial charge in [-0.1, -0.05) is 29.2 Å². The average molecular weight is 359 g/mol. The first-order chi connectivity index (χ1) is 12.7. The van der Waals surface area contributed by atoms with Gasteiger partial charge in [-0.25, -0.2) is 4.68 Å². The summed E-state index contributed by atoms with van der Waals surface area (Å²) in [7, 11) is 2.08. The summed E-state index contributed by atoms with van der Waals surface area (Å²) in [6.07, 6.45) is 3.55. The first kappa shape index (κ1) is 20.1. The Labute approximate surface area is 155 Å². The summed E-state index contributed by atoms with van der Waals surface area (Å²) < 4.78 is 17.7. The molecular formula is C18H26BN3O4. The summed E-state index contributed by atoms with van der Waals surface area (Å²) in [5.74, 6) is 0.295. The number of esters is 1. The minimum absolute atomic E-state index is 0.263. The van der Waals surface area contributed by atoms with Gasteiger partial charge in [-0.15, -0.1) is 5.10 Å². The van der Waals surface area contributed by atoms with Crippen molar-refractivity contribution in [3.05, 3.63) is 41.7 Å². The molecule has 0 aliphatic rings. The summed E-state index contributed by atoms with van der Waals surface area (Å²) in [6.45, 7) is 4.99. The Morgan fingerprint density at radius 2 is 1.92 bits per heavy atom. The smallest absolute Gasteiger partial charge is 0.311 e. The second-order valence-corrected chi connectivity index (χ2v) is 5.75. The average Bonchev–Trinajstić information content (AvgIpc) is 3.11. The van der Waals surface area contributed by atoms with Crippen molar-refractivity contribution in [2.45, 2.75) is 32.6 Å². The second-order valence-electron chi connectivity index (χ2n) is 5.75. The zero-order valence-electron chi connectivity index (χ0n) is 15.5. The second kappa shape index (κ2) is 11.4. The van der Waals surface area contributed by atoms with Crippen molar-refractivity contribution in [3.63, 3.8) is 0 Å². The van der Waals surface area contributed by atoms with Crippen LogP contribution in [0.2, 0.25) is 0 Å². The molecule has 2 rings (SSSR count). The van der Waals surface area contributed by atoms with E-state index in [4.69, 9.17) is 14.2 Å². The maximum absolute atomic E-state index is 11.9. The van der Waals surface area contributed by atoms with Crippen LogP contribution in [0.4, 0.5) is 0 Å². The lowest BCUT2D eigenvalue weighted by atomic mass is 9.97. The standard InChI is InChI=1S/C18H26BN3O4/c1-2-24-11-12-25-10-9-22-14-16(20-21-22)5-8-18(23)26-17-6-3-15(13-19)4-7-17/h3-4,6-7,14H,2,5,8-13,19H2,1H3. The van der Waals surface area contributed by atoms with Gasteiger partial charge in [0.25, 0.3) is 0 Å². The Morgan fingerprint density at radius 3 is 2.65 bits per heavy atom. The fourth-order valence-electron chi connectivity index (χ4n) is 2.29. The molecule has 0 fully saturated rings. The molecule has 0 radical (unpaired) electrons. The van der Waals surface area contributed by atoms with E-state index in [-0.39, 0.29) is 12.4 Å². The van der Waals surface area contributed by atoms with Crippen LogP contribution in [0.15, 0.2) is 30.5 Å². The van der Waals surface area contributed by atoms with Crippen LogP contribution in [0.25, 0.3) is 0 Å². The quantitative estimate of drug-likeness (QED) is 0.244. The Balaban J connectivity index is 1.65. The molecule has 0 spiro atoms. The number of ether oxygens (including phenoxy) is 3. The van der Waals surface area contributed by atoms with Crippen LogP contribution in [-0.2, 0) is 33.6 Å². The molecule has 1 heterocycles. The number of hydrogen-bond donors (Lipinski definition) is 0. The van der Waals surface area contributed by atoms with Crippen LogP contribution in [0.5, 0.6) is 5.75 Å². The highest BCUT2D eigenvalue weighted by Gasteiger charge is 2.08. The third kappa shape index (κ3) is 7.37. The molecule has 0 saturated heterocycles. The molecule has 7 nitrogen and oxygen atoms in total. The lowest BCUT2D eigenvalue weighted by Gasteiger charge is -2.04. The first-order valence-corrected chi connectivity index (χ1v) is 9.05. The molecule has 0 atom stereocenters. The van der Waals surface area contributed by atoms with E-state index in [0.29, 0.717) is 45.1 Å². The molecule has 0 N–H and O–H groups in total. The van der Waals surface area contributed by atoms with Crippen molar-refractivity contribution >= 4 is 13.8 Å². The zero-order chi connectivity index (χ0) is 18.6. The van der Waals surface area contributed by atoms with E-state index in [9.17, 15) is 4.79 Å². The van der Waals surface area contributed by atoms with Crippen LogP contribution < -0.4 is 4.74 Å². The highest BCUT2D eigenvalue weighted by atomic mass is 16.5. The first-order valence-electron chi connectivity index (χ1n) is 9.05. The monoisotopic (exact) mass is 359 g/mol. The van der Waals surface area contributed by atoms with E-state index < -0.39 is 0 Å². The van der Waals surface area contributed by atoms with E-state index in [1.165, 1.54) is 5.56 Å². The SMILES string of the molecule is BCc1ccc(OC(=O)CCc2cn(CCOCCOCC)nn2)cc1. The van der Waals surface area contributed by atoms with Gasteiger partial charge in [0.05, 0.1) is 38.5 Å². The summed E-state index contributed by atoms with van der Waals surface area (Å²) in [5, 5.41) is 8.11. The summed E-state index contributed by atoms with van der Waals surface area (Å²) >= 11 is 0. The Kier molecular flexibility index (Phi) is 8.85. The predicted molar refractivity (Wildman–Crippen MR) is 100.0 cm³/mol. The van der Waals surface area contributed by atoms with E-state index in [2.05, 4.69) is 18.2 Å². The highest BCUT2D eigenvalue weighted by molar-refractivity contribution is 6.08. The molecule has 8 heteroatoms. The lowest BCUT2D eigenvalue weighted by Crippen LogP contribution is -2.10. The number of carbonyl (C=O) groups is 1. The topological polar surface area (TPSA) is 75.5 Å². The van der Waals surface area contributed by atoms with Gasteiger partial charge in [0.1, 0.15) is 13.6 Å². The number of benzene rings is 1. The molecular weight excluding hydrogens is 333 g/mol. The molecule has 0 amide bonds. The molecule has 0 bridgehead atoms. The third-order valence-corrected chi connectivity index (χ3v) is 3.78. The van der Waals surface area contributed by atoms with Crippen molar-refractivity contribution in [1.82, 2.24) is 15.0 Å². The largest absolute Gasteiger partial charge is 0.427 e. The van der Waals surface area contributed by atoms with E-state index in [1.54, 1.807) is 4.68 Å². The maximum atomic E-state index is 11.9. The number of aromatic nitrogens is 3. The molecule has 26 heavy (non-hydrogen) atoms. The van der Waals surface area contributed by atoms with Gasteiger partial charge in [0.2, 0.25) is 0 Å². The van der Waals surface area contributed by atoms with E-state index in [0.717, 1.165) is 12.0 Å². The van der Waals surface area contributed by atoms with Crippen LogP contribution in [0.1, 0.15) is 24.6 Å².